The molecule has 0 unspecified atom stereocenters. The summed E-state index contributed by atoms with van der Waals surface area (Å²) in [5, 5.41) is 8.99. The molecule has 1 aromatic heterocycles. The van der Waals surface area contributed by atoms with E-state index in [2.05, 4.69) is 15.9 Å². The van der Waals surface area contributed by atoms with Crippen LogP contribution < -0.4 is 0 Å². The van der Waals surface area contributed by atoms with Crippen molar-refractivity contribution in [2.75, 3.05) is 0 Å². The Labute approximate surface area is 125 Å². The Morgan fingerprint density at radius 3 is 2.15 bits per heavy atom. The van der Waals surface area contributed by atoms with Gasteiger partial charge >= 0.3 is 5.97 Å². The Kier molecular flexibility index (Phi) is 4.01. The van der Waals surface area contributed by atoms with Crippen LogP contribution in [0.3, 0.4) is 0 Å². The summed E-state index contributed by atoms with van der Waals surface area (Å²) >= 11 is 4.35. The van der Waals surface area contributed by atoms with Crippen LogP contribution >= 0.6 is 27.3 Å². The van der Waals surface area contributed by atoms with Crippen LogP contribution in [0.4, 0.5) is 8.78 Å². The zero-order chi connectivity index (χ0) is 15.0. The van der Waals surface area contributed by atoms with Gasteiger partial charge in [-0.15, -0.1) is 11.3 Å². The topological polar surface area (TPSA) is 54.4 Å². The van der Waals surface area contributed by atoms with E-state index >= 15 is 0 Å². The molecule has 2 rings (SSSR count). The fourth-order valence-corrected chi connectivity index (χ4v) is 3.11. The number of benzene rings is 1. The summed E-state index contributed by atoms with van der Waals surface area (Å²) in [6.07, 6.45) is 0. The third-order valence-electron chi connectivity index (χ3n) is 2.62. The smallest absolute Gasteiger partial charge is 0.336 e. The van der Waals surface area contributed by atoms with E-state index in [-0.39, 0.29) is 10.4 Å². The molecule has 0 atom stereocenters. The molecular formula is C13H7BrF2O3S. The Hall–Kier alpha value is -1.60. The fourth-order valence-electron chi connectivity index (χ4n) is 1.62. The molecule has 2 aromatic rings. The molecule has 0 spiro atoms. The van der Waals surface area contributed by atoms with E-state index in [1.807, 2.05) is 0 Å². The lowest BCUT2D eigenvalue weighted by Gasteiger charge is -2.05. The van der Waals surface area contributed by atoms with Crippen molar-refractivity contribution in [1.29, 1.82) is 0 Å². The van der Waals surface area contributed by atoms with Crippen molar-refractivity contribution in [3.05, 3.63) is 55.2 Å². The molecule has 1 heterocycles. The highest BCUT2D eigenvalue weighted by Crippen LogP contribution is 2.30. The van der Waals surface area contributed by atoms with Crippen LogP contribution in [0.1, 0.15) is 31.2 Å². The van der Waals surface area contributed by atoms with Crippen LogP contribution in [-0.4, -0.2) is 16.9 Å². The van der Waals surface area contributed by atoms with Crippen molar-refractivity contribution in [3.63, 3.8) is 0 Å². The van der Waals surface area contributed by atoms with Gasteiger partial charge in [0.05, 0.1) is 14.2 Å². The number of carboxylic acid groups (broad SMARTS) is 1. The van der Waals surface area contributed by atoms with Gasteiger partial charge in [-0.05, 0) is 46.6 Å². The lowest BCUT2D eigenvalue weighted by molar-refractivity contribution is 0.0692. The summed E-state index contributed by atoms with van der Waals surface area (Å²) in [5.41, 5.74) is -0.126. The highest BCUT2D eigenvalue weighted by molar-refractivity contribution is 9.11. The summed E-state index contributed by atoms with van der Waals surface area (Å²) < 4.78 is 27.1. The third kappa shape index (κ3) is 2.64. The van der Waals surface area contributed by atoms with Crippen LogP contribution in [0.15, 0.2) is 22.0 Å². The highest BCUT2D eigenvalue weighted by atomic mass is 79.9. The van der Waals surface area contributed by atoms with Crippen molar-refractivity contribution in [1.82, 2.24) is 0 Å². The molecule has 0 fully saturated rings. The van der Waals surface area contributed by atoms with Gasteiger partial charge in [0.1, 0.15) is 0 Å². The summed E-state index contributed by atoms with van der Waals surface area (Å²) in [5.74, 6) is -4.70. The molecule has 104 valence electrons. The van der Waals surface area contributed by atoms with E-state index in [4.69, 9.17) is 5.11 Å². The van der Waals surface area contributed by atoms with Crippen LogP contribution in [-0.2, 0) is 0 Å². The lowest BCUT2D eigenvalue weighted by Crippen LogP contribution is -2.10. The molecule has 1 aromatic carbocycles. The number of aromatic carboxylic acids is 1. The zero-order valence-corrected chi connectivity index (χ0v) is 12.4. The maximum absolute atomic E-state index is 13.3. The minimum Gasteiger partial charge on any atom is -0.478 e. The molecule has 0 saturated heterocycles. The van der Waals surface area contributed by atoms with Crippen molar-refractivity contribution >= 4 is 39.0 Å². The predicted octanol–water partition coefficient (Wildman–Crippen LogP) is 4.03. The number of aryl methyl sites for hydroxylation is 1. The lowest BCUT2D eigenvalue weighted by atomic mass is 10.0. The molecular weight excluding hydrogens is 354 g/mol. The molecule has 7 heteroatoms. The number of carboxylic acids is 1. The first-order chi connectivity index (χ1) is 9.31. The molecule has 0 saturated carbocycles. The van der Waals surface area contributed by atoms with E-state index in [0.29, 0.717) is 12.1 Å². The molecule has 3 nitrogen and oxygen atoms in total. The van der Waals surface area contributed by atoms with Crippen molar-refractivity contribution in [2.24, 2.45) is 0 Å². The Morgan fingerprint density at radius 1 is 1.15 bits per heavy atom. The molecule has 0 amide bonds. The third-order valence-corrected chi connectivity index (χ3v) is 4.75. The molecule has 0 radical (unpaired) electrons. The number of ketones is 1. The molecule has 0 aliphatic heterocycles. The first kappa shape index (κ1) is 14.8. The molecule has 0 bridgehead atoms. The zero-order valence-electron chi connectivity index (χ0n) is 10.0. The van der Waals surface area contributed by atoms with Crippen molar-refractivity contribution < 1.29 is 23.5 Å². The highest BCUT2D eigenvalue weighted by Gasteiger charge is 2.23. The van der Waals surface area contributed by atoms with E-state index < -0.39 is 29.0 Å². The van der Waals surface area contributed by atoms with Crippen LogP contribution in [0.2, 0.25) is 0 Å². The second-order valence-electron chi connectivity index (χ2n) is 4.01. The van der Waals surface area contributed by atoms with Crippen LogP contribution in [0.5, 0.6) is 0 Å². The van der Waals surface area contributed by atoms with Gasteiger partial charge in [0, 0.05) is 5.56 Å². The molecule has 0 aliphatic rings. The van der Waals surface area contributed by atoms with Gasteiger partial charge in [0.25, 0.3) is 0 Å². The summed E-state index contributed by atoms with van der Waals surface area (Å²) in [7, 11) is 0. The van der Waals surface area contributed by atoms with Gasteiger partial charge in [0.2, 0.25) is 5.78 Å². The first-order valence-corrected chi connectivity index (χ1v) is 6.95. The molecule has 1 N–H and O–H groups in total. The van der Waals surface area contributed by atoms with Gasteiger partial charge in [-0.25, -0.2) is 13.6 Å². The number of carbonyl (C=O) groups excluding carboxylic acids is 1. The summed E-state index contributed by atoms with van der Waals surface area (Å²) in [4.78, 5) is 23.5. The first-order valence-electron chi connectivity index (χ1n) is 5.34. The second kappa shape index (κ2) is 5.41. The maximum Gasteiger partial charge on any atom is 0.336 e. The largest absolute Gasteiger partial charge is 0.478 e. The number of carbonyl (C=O) groups is 2. The minimum atomic E-state index is -1.49. The number of halogens is 3. The van der Waals surface area contributed by atoms with Gasteiger partial charge < -0.3 is 5.11 Å². The number of hydrogen-bond acceptors (Lipinski definition) is 3. The van der Waals surface area contributed by atoms with E-state index in [9.17, 15) is 18.4 Å². The van der Waals surface area contributed by atoms with Crippen LogP contribution in [0.25, 0.3) is 0 Å². The SMILES string of the molecule is Cc1cc(C(=O)c2cc(F)c(F)cc2C(=O)O)sc1Br. The minimum absolute atomic E-state index is 0.253. The van der Waals surface area contributed by atoms with Crippen molar-refractivity contribution in [3.8, 4) is 0 Å². The van der Waals surface area contributed by atoms with Crippen LogP contribution in [0, 0.1) is 18.6 Å². The van der Waals surface area contributed by atoms with Crippen molar-refractivity contribution in [2.45, 2.75) is 6.92 Å². The van der Waals surface area contributed by atoms with Gasteiger partial charge in [-0.3, -0.25) is 4.79 Å². The normalized spacial score (nSPS) is 10.6. The standard InChI is InChI=1S/C13H7BrF2O3S/c1-5-2-10(20-12(5)14)11(17)6-3-8(15)9(16)4-7(6)13(18)19/h2-4H,1H3,(H,18,19). The van der Waals surface area contributed by atoms with Gasteiger partial charge in [-0.2, -0.15) is 0 Å². The fraction of sp³-hybridized carbons (Fsp3) is 0.0769. The number of hydrogen-bond donors (Lipinski definition) is 1. The van der Waals surface area contributed by atoms with E-state index in [1.54, 1.807) is 13.0 Å². The maximum atomic E-state index is 13.3. The number of thiophene rings is 1. The van der Waals surface area contributed by atoms with Gasteiger partial charge in [-0.1, -0.05) is 0 Å². The average molecular weight is 361 g/mol. The quantitative estimate of drug-likeness (QED) is 0.840. The van der Waals surface area contributed by atoms with Gasteiger partial charge in [0.15, 0.2) is 11.6 Å². The second-order valence-corrected chi connectivity index (χ2v) is 6.38. The molecule has 20 heavy (non-hydrogen) atoms. The monoisotopic (exact) mass is 360 g/mol. The summed E-state index contributed by atoms with van der Waals surface area (Å²) in [6, 6.07) is 2.69. The van der Waals surface area contributed by atoms with E-state index in [1.165, 1.54) is 0 Å². The summed E-state index contributed by atoms with van der Waals surface area (Å²) in [6.45, 7) is 1.76. The Bertz CT molecular complexity index is 705. The average Bonchev–Trinajstić information content (AvgIpc) is 2.71. The Balaban J connectivity index is 2.59. The predicted molar refractivity (Wildman–Crippen MR) is 73.5 cm³/mol. The molecule has 0 aliphatic carbocycles. The number of rotatable bonds is 3. The van der Waals surface area contributed by atoms with E-state index in [0.717, 1.165) is 20.7 Å². The Morgan fingerprint density at radius 2 is 1.70 bits per heavy atom.